The summed E-state index contributed by atoms with van der Waals surface area (Å²) in [5, 5.41) is 12.2. The number of nitrogens with zero attached hydrogens (tertiary/aromatic N) is 2. The van der Waals surface area contributed by atoms with Crippen molar-refractivity contribution in [3.8, 4) is 6.07 Å². The molecule has 0 saturated heterocycles. The first-order chi connectivity index (χ1) is 7.81. The highest BCUT2D eigenvalue weighted by Crippen LogP contribution is 2.44. The summed E-state index contributed by atoms with van der Waals surface area (Å²) >= 11 is 0. The molecule has 16 heavy (non-hydrogen) atoms. The van der Waals surface area contributed by atoms with Crippen LogP contribution < -0.4 is 5.32 Å². The van der Waals surface area contributed by atoms with Gasteiger partial charge in [-0.05, 0) is 25.0 Å². The first-order valence-corrected chi connectivity index (χ1v) is 5.30. The first kappa shape index (κ1) is 9.22. The maximum atomic E-state index is 8.95. The van der Waals surface area contributed by atoms with E-state index in [9.17, 15) is 0 Å². The summed E-state index contributed by atoms with van der Waals surface area (Å²) in [5.74, 6) is 0. The van der Waals surface area contributed by atoms with E-state index in [1.165, 1.54) is 6.39 Å². The van der Waals surface area contributed by atoms with E-state index in [1.807, 2.05) is 18.2 Å². The predicted octanol–water partition coefficient (Wildman–Crippen LogP) is 2.54. The van der Waals surface area contributed by atoms with Crippen LogP contribution >= 0.6 is 0 Å². The van der Waals surface area contributed by atoms with Crippen molar-refractivity contribution in [2.24, 2.45) is 5.41 Å². The Morgan fingerprint density at radius 1 is 1.50 bits per heavy atom. The number of aromatic nitrogens is 1. The van der Waals surface area contributed by atoms with Gasteiger partial charge in [0.1, 0.15) is 5.52 Å². The summed E-state index contributed by atoms with van der Waals surface area (Å²) in [4.78, 5) is 4.05. The second-order valence-electron chi connectivity index (χ2n) is 4.28. The summed E-state index contributed by atoms with van der Waals surface area (Å²) in [7, 11) is 0. The van der Waals surface area contributed by atoms with Crippen LogP contribution in [0.1, 0.15) is 12.8 Å². The Morgan fingerprint density at radius 3 is 3.12 bits per heavy atom. The minimum absolute atomic E-state index is 0.129. The molecule has 1 fully saturated rings. The molecule has 0 amide bonds. The van der Waals surface area contributed by atoms with Crippen LogP contribution in [0.5, 0.6) is 0 Å². The number of nitriles is 1. The van der Waals surface area contributed by atoms with Crippen LogP contribution in [-0.2, 0) is 0 Å². The van der Waals surface area contributed by atoms with Gasteiger partial charge in [-0.3, -0.25) is 0 Å². The lowest BCUT2D eigenvalue weighted by molar-refractivity contribution is 0.602. The van der Waals surface area contributed by atoms with Crippen molar-refractivity contribution in [1.82, 2.24) is 4.98 Å². The third-order valence-electron chi connectivity index (χ3n) is 3.05. The molecule has 0 aliphatic heterocycles. The van der Waals surface area contributed by atoms with Crippen molar-refractivity contribution in [2.45, 2.75) is 12.8 Å². The molecule has 0 unspecified atom stereocenters. The SMILES string of the molecule is N#CC1(CNc2ccc3ncoc3c2)CC1. The predicted molar refractivity (Wildman–Crippen MR) is 59.8 cm³/mol. The quantitative estimate of drug-likeness (QED) is 0.851. The average molecular weight is 213 g/mol. The van der Waals surface area contributed by atoms with Crippen molar-refractivity contribution < 1.29 is 4.42 Å². The number of rotatable bonds is 3. The third kappa shape index (κ3) is 1.50. The third-order valence-corrected chi connectivity index (χ3v) is 3.05. The molecule has 0 radical (unpaired) electrons. The van der Waals surface area contributed by atoms with Crippen LogP contribution in [0.4, 0.5) is 5.69 Å². The highest BCUT2D eigenvalue weighted by molar-refractivity contribution is 5.76. The molecular weight excluding hydrogens is 202 g/mol. The first-order valence-electron chi connectivity index (χ1n) is 5.30. The maximum absolute atomic E-state index is 8.95. The minimum Gasteiger partial charge on any atom is -0.443 e. The molecule has 0 bridgehead atoms. The number of benzene rings is 1. The Morgan fingerprint density at radius 2 is 2.38 bits per heavy atom. The summed E-state index contributed by atoms with van der Waals surface area (Å²) < 4.78 is 5.22. The van der Waals surface area contributed by atoms with Crippen LogP contribution in [0, 0.1) is 16.7 Å². The van der Waals surface area contributed by atoms with E-state index in [4.69, 9.17) is 9.68 Å². The Balaban J connectivity index is 1.77. The number of nitrogens with one attached hydrogen (secondary N) is 1. The van der Waals surface area contributed by atoms with Gasteiger partial charge in [0.15, 0.2) is 12.0 Å². The normalized spacial score (nSPS) is 16.9. The van der Waals surface area contributed by atoms with E-state index < -0.39 is 0 Å². The molecule has 0 atom stereocenters. The van der Waals surface area contributed by atoms with Gasteiger partial charge in [-0.25, -0.2) is 4.98 Å². The van der Waals surface area contributed by atoms with Crippen molar-refractivity contribution in [3.05, 3.63) is 24.6 Å². The van der Waals surface area contributed by atoms with E-state index >= 15 is 0 Å². The fraction of sp³-hybridized carbons (Fsp3) is 0.333. The van der Waals surface area contributed by atoms with Crippen molar-refractivity contribution in [2.75, 3.05) is 11.9 Å². The molecule has 1 heterocycles. The van der Waals surface area contributed by atoms with Gasteiger partial charge in [0.2, 0.25) is 0 Å². The highest BCUT2D eigenvalue weighted by atomic mass is 16.3. The topological polar surface area (TPSA) is 61.9 Å². The maximum Gasteiger partial charge on any atom is 0.181 e. The molecule has 2 aromatic rings. The standard InChI is InChI=1S/C12H11N3O/c13-6-12(3-4-12)7-14-9-1-2-10-11(5-9)16-8-15-10/h1-2,5,8,14H,3-4,7H2. The molecule has 4 heteroatoms. The summed E-state index contributed by atoms with van der Waals surface area (Å²) in [6.07, 6.45) is 3.44. The van der Waals surface area contributed by atoms with E-state index in [0.29, 0.717) is 6.54 Å². The van der Waals surface area contributed by atoms with E-state index in [2.05, 4.69) is 16.4 Å². The van der Waals surface area contributed by atoms with Gasteiger partial charge in [0.05, 0.1) is 11.5 Å². The lowest BCUT2D eigenvalue weighted by atomic mass is 10.1. The zero-order valence-electron chi connectivity index (χ0n) is 8.73. The Labute approximate surface area is 92.9 Å². The number of hydrogen-bond acceptors (Lipinski definition) is 4. The molecule has 1 aromatic carbocycles. The summed E-state index contributed by atoms with van der Waals surface area (Å²) in [6, 6.07) is 8.14. The van der Waals surface area contributed by atoms with E-state index in [1.54, 1.807) is 0 Å². The number of hydrogen-bond donors (Lipinski definition) is 1. The van der Waals surface area contributed by atoms with Gasteiger partial charge in [-0.2, -0.15) is 5.26 Å². The van der Waals surface area contributed by atoms with Gasteiger partial charge in [0.25, 0.3) is 0 Å². The molecule has 4 nitrogen and oxygen atoms in total. The van der Waals surface area contributed by atoms with Gasteiger partial charge >= 0.3 is 0 Å². The largest absolute Gasteiger partial charge is 0.443 e. The second-order valence-corrected chi connectivity index (χ2v) is 4.28. The van der Waals surface area contributed by atoms with Gasteiger partial charge in [0, 0.05) is 18.3 Å². The lowest BCUT2D eigenvalue weighted by Gasteiger charge is -2.08. The summed E-state index contributed by atoms with van der Waals surface area (Å²) in [6.45, 7) is 0.711. The highest BCUT2D eigenvalue weighted by Gasteiger charge is 2.42. The van der Waals surface area contributed by atoms with Crippen LogP contribution in [0.2, 0.25) is 0 Å². The van der Waals surface area contributed by atoms with Crippen molar-refractivity contribution in [1.29, 1.82) is 5.26 Å². The fourth-order valence-electron chi connectivity index (χ4n) is 1.72. The average Bonchev–Trinajstić information content (AvgIpc) is 2.96. The van der Waals surface area contributed by atoms with Crippen LogP contribution in [0.3, 0.4) is 0 Å². The molecule has 1 aliphatic rings. The second kappa shape index (κ2) is 3.24. The lowest BCUT2D eigenvalue weighted by Crippen LogP contribution is -2.13. The molecule has 1 aliphatic carbocycles. The molecule has 80 valence electrons. The molecular formula is C12H11N3O. The van der Waals surface area contributed by atoms with Crippen LogP contribution in [-0.4, -0.2) is 11.5 Å². The smallest absolute Gasteiger partial charge is 0.181 e. The van der Waals surface area contributed by atoms with Crippen molar-refractivity contribution in [3.63, 3.8) is 0 Å². The Hall–Kier alpha value is -2.02. The molecule has 0 spiro atoms. The number of fused-ring (bicyclic) bond motifs is 1. The zero-order valence-corrected chi connectivity index (χ0v) is 8.73. The van der Waals surface area contributed by atoms with Crippen LogP contribution in [0.15, 0.2) is 29.0 Å². The van der Waals surface area contributed by atoms with E-state index in [0.717, 1.165) is 29.6 Å². The molecule has 1 aromatic heterocycles. The number of oxazole rings is 1. The fourth-order valence-corrected chi connectivity index (χ4v) is 1.72. The van der Waals surface area contributed by atoms with Gasteiger partial charge in [-0.15, -0.1) is 0 Å². The van der Waals surface area contributed by atoms with Gasteiger partial charge in [-0.1, -0.05) is 0 Å². The van der Waals surface area contributed by atoms with Crippen LogP contribution in [0.25, 0.3) is 11.1 Å². The van der Waals surface area contributed by atoms with Crippen molar-refractivity contribution >= 4 is 16.8 Å². The Kier molecular flexibility index (Phi) is 1.87. The monoisotopic (exact) mass is 213 g/mol. The molecule has 1 saturated carbocycles. The molecule has 1 N–H and O–H groups in total. The Bertz CT molecular complexity index is 563. The summed E-state index contributed by atoms with van der Waals surface area (Å²) in [5.41, 5.74) is 2.47. The molecule has 3 rings (SSSR count). The number of anilines is 1. The minimum atomic E-state index is -0.129. The van der Waals surface area contributed by atoms with E-state index in [-0.39, 0.29) is 5.41 Å². The zero-order chi connectivity index (χ0) is 11.0. The van der Waals surface area contributed by atoms with Gasteiger partial charge < -0.3 is 9.73 Å².